The predicted octanol–water partition coefficient (Wildman–Crippen LogP) is 7.24. The molecule has 0 saturated heterocycles. The SMILES string of the molecule is COc1cc(-c2cccc(F)c2)c(Cl)cc1-c1nnc(OC)c2cc(S(=O)(=O)Oc3c(F)c(F)c(F)c(F)c3F)ccc12. The van der Waals surface area contributed by atoms with Crippen LogP contribution in [0.5, 0.6) is 17.4 Å². The zero-order valence-electron chi connectivity index (χ0n) is 21.7. The molecule has 0 N–H and O–H groups in total. The standard InChI is InChI=1S/C28H15ClF6N2O5S/c1-40-20-11-16(12-4-3-5-13(30)8-12)19(29)10-18(20)26-15-7-6-14(9-17(15)28(41-2)37-36-26)43(38,39)42-27-24(34)22(32)21(31)23(33)25(27)35/h3-11H,1-2H3. The molecule has 0 saturated carbocycles. The summed E-state index contributed by atoms with van der Waals surface area (Å²) in [5.41, 5.74) is 1.32. The van der Waals surface area contributed by atoms with Gasteiger partial charge in [0.2, 0.25) is 40.7 Å². The first-order valence-electron chi connectivity index (χ1n) is 11.8. The Balaban J connectivity index is 1.64. The fourth-order valence-corrected chi connectivity index (χ4v) is 5.45. The number of fused-ring (bicyclic) bond motifs is 1. The first-order chi connectivity index (χ1) is 20.4. The van der Waals surface area contributed by atoms with E-state index in [2.05, 4.69) is 14.4 Å². The van der Waals surface area contributed by atoms with E-state index in [9.17, 15) is 34.8 Å². The molecule has 7 nitrogen and oxygen atoms in total. The van der Waals surface area contributed by atoms with Gasteiger partial charge in [0.25, 0.3) is 0 Å². The van der Waals surface area contributed by atoms with Crippen molar-refractivity contribution in [3.05, 3.63) is 94.5 Å². The van der Waals surface area contributed by atoms with E-state index in [-0.39, 0.29) is 33.1 Å². The molecule has 0 atom stereocenters. The summed E-state index contributed by atoms with van der Waals surface area (Å²) in [6.45, 7) is 0. The Labute approximate surface area is 244 Å². The number of hydrogen-bond donors (Lipinski definition) is 0. The van der Waals surface area contributed by atoms with E-state index in [4.69, 9.17) is 21.1 Å². The first-order valence-corrected chi connectivity index (χ1v) is 13.6. The third-order valence-electron chi connectivity index (χ3n) is 6.24. The Morgan fingerprint density at radius 2 is 1.40 bits per heavy atom. The summed E-state index contributed by atoms with van der Waals surface area (Å²) in [6, 6.07) is 11.8. The van der Waals surface area contributed by atoms with E-state index in [1.165, 1.54) is 44.6 Å². The molecule has 4 aromatic carbocycles. The molecule has 43 heavy (non-hydrogen) atoms. The topological polar surface area (TPSA) is 87.6 Å². The number of ether oxygens (including phenoxy) is 2. The Morgan fingerprint density at radius 3 is 2.02 bits per heavy atom. The van der Waals surface area contributed by atoms with Crippen LogP contribution in [0.2, 0.25) is 5.02 Å². The van der Waals surface area contributed by atoms with Crippen molar-refractivity contribution in [1.29, 1.82) is 0 Å². The average Bonchev–Trinajstić information content (AvgIpc) is 3.00. The molecule has 0 radical (unpaired) electrons. The van der Waals surface area contributed by atoms with Crippen LogP contribution in [0.1, 0.15) is 0 Å². The summed E-state index contributed by atoms with van der Waals surface area (Å²) in [4.78, 5) is -0.743. The van der Waals surface area contributed by atoms with E-state index >= 15 is 0 Å². The van der Waals surface area contributed by atoms with Gasteiger partial charge in [0.05, 0.1) is 14.2 Å². The second kappa shape index (κ2) is 11.3. The summed E-state index contributed by atoms with van der Waals surface area (Å²) in [5, 5.41) is 8.52. The minimum atomic E-state index is -5.17. The van der Waals surface area contributed by atoms with E-state index in [0.29, 0.717) is 16.7 Å². The Hall–Kier alpha value is -4.56. The van der Waals surface area contributed by atoms with Crippen LogP contribution < -0.4 is 13.7 Å². The lowest BCUT2D eigenvalue weighted by Gasteiger charge is -2.15. The van der Waals surface area contributed by atoms with Crippen molar-refractivity contribution in [1.82, 2.24) is 10.2 Å². The largest absolute Gasteiger partial charge is 0.496 e. The van der Waals surface area contributed by atoms with Gasteiger partial charge in [-0.25, -0.2) is 17.6 Å². The fraction of sp³-hybridized carbons (Fsp3) is 0.0714. The average molecular weight is 641 g/mol. The van der Waals surface area contributed by atoms with E-state index in [0.717, 1.165) is 12.1 Å². The van der Waals surface area contributed by atoms with Gasteiger partial charge in [0, 0.05) is 26.9 Å². The van der Waals surface area contributed by atoms with Crippen molar-refractivity contribution in [2.75, 3.05) is 14.2 Å². The molecule has 0 unspecified atom stereocenters. The van der Waals surface area contributed by atoms with Crippen LogP contribution in [-0.2, 0) is 10.1 Å². The number of rotatable bonds is 7. The van der Waals surface area contributed by atoms with Crippen LogP contribution in [0, 0.1) is 34.9 Å². The number of aromatic nitrogens is 2. The zero-order chi connectivity index (χ0) is 31.2. The maximum Gasteiger partial charge on any atom is 0.339 e. The number of nitrogens with zero attached hydrogens (tertiary/aromatic N) is 2. The predicted molar refractivity (Wildman–Crippen MR) is 143 cm³/mol. The van der Waals surface area contributed by atoms with Crippen LogP contribution in [-0.4, -0.2) is 32.8 Å². The minimum Gasteiger partial charge on any atom is -0.496 e. The van der Waals surface area contributed by atoms with Crippen molar-refractivity contribution in [3.8, 4) is 39.8 Å². The molecule has 15 heteroatoms. The summed E-state index contributed by atoms with van der Waals surface area (Å²) in [5.74, 6) is -14.7. The van der Waals surface area contributed by atoms with Gasteiger partial charge in [-0.1, -0.05) is 29.8 Å². The van der Waals surface area contributed by atoms with E-state index in [1.54, 1.807) is 12.1 Å². The fourth-order valence-electron chi connectivity index (χ4n) is 4.22. The highest BCUT2D eigenvalue weighted by atomic mass is 35.5. The number of benzene rings is 4. The van der Waals surface area contributed by atoms with Crippen LogP contribution in [0.3, 0.4) is 0 Å². The molecule has 0 aliphatic rings. The van der Waals surface area contributed by atoms with Gasteiger partial charge in [-0.15, -0.1) is 10.2 Å². The molecule has 0 bridgehead atoms. The molecular weight excluding hydrogens is 626 g/mol. The monoisotopic (exact) mass is 640 g/mol. The maximum atomic E-state index is 14.1. The quantitative estimate of drug-likeness (QED) is 0.0802. The maximum absolute atomic E-state index is 14.1. The smallest absolute Gasteiger partial charge is 0.339 e. The van der Waals surface area contributed by atoms with Gasteiger partial charge in [0.1, 0.15) is 22.2 Å². The highest BCUT2D eigenvalue weighted by Crippen LogP contribution is 2.42. The lowest BCUT2D eigenvalue weighted by molar-refractivity contribution is 0.346. The lowest BCUT2D eigenvalue weighted by atomic mass is 9.99. The van der Waals surface area contributed by atoms with Gasteiger partial charge < -0.3 is 13.7 Å². The van der Waals surface area contributed by atoms with Crippen LogP contribution >= 0.6 is 11.6 Å². The second-order valence-electron chi connectivity index (χ2n) is 8.74. The number of methoxy groups -OCH3 is 2. The molecule has 1 heterocycles. The van der Waals surface area contributed by atoms with Crippen molar-refractivity contribution < 1.29 is 48.4 Å². The van der Waals surface area contributed by atoms with Crippen molar-refractivity contribution in [3.63, 3.8) is 0 Å². The summed E-state index contributed by atoms with van der Waals surface area (Å²) < 4.78 is 124. The molecular formula is C28H15ClF6N2O5S. The summed E-state index contributed by atoms with van der Waals surface area (Å²) in [6.07, 6.45) is 0. The second-order valence-corrected chi connectivity index (χ2v) is 10.7. The molecule has 0 aliphatic heterocycles. The minimum absolute atomic E-state index is 0.00182. The molecule has 0 spiro atoms. The number of hydrogen-bond acceptors (Lipinski definition) is 7. The first kappa shape index (κ1) is 29.9. The molecule has 1 aromatic heterocycles. The molecule has 5 rings (SSSR count). The molecule has 0 amide bonds. The highest BCUT2D eigenvalue weighted by Gasteiger charge is 2.31. The van der Waals surface area contributed by atoms with E-state index in [1.807, 2.05) is 0 Å². The third-order valence-corrected chi connectivity index (χ3v) is 7.77. The van der Waals surface area contributed by atoms with Gasteiger partial charge in [-0.2, -0.15) is 17.2 Å². The van der Waals surface area contributed by atoms with Crippen LogP contribution in [0.15, 0.2) is 59.5 Å². The Kier molecular flexibility index (Phi) is 7.84. The van der Waals surface area contributed by atoms with Gasteiger partial charge in [-0.05, 0) is 42.0 Å². The highest BCUT2D eigenvalue weighted by molar-refractivity contribution is 7.87. The lowest BCUT2D eigenvalue weighted by Crippen LogP contribution is -2.14. The third kappa shape index (κ3) is 5.27. The van der Waals surface area contributed by atoms with Crippen molar-refractivity contribution in [2.24, 2.45) is 0 Å². The van der Waals surface area contributed by atoms with Crippen LogP contribution in [0.25, 0.3) is 33.2 Å². The molecule has 5 aromatic rings. The molecule has 0 aliphatic carbocycles. The Bertz CT molecular complexity index is 2020. The zero-order valence-corrected chi connectivity index (χ0v) is 23.3. The molecule has 0 fully saturated rings. The van der Waals surface area contributed by atoms with Gasteiger partial charge >= 0.3 is 10.1 Å². The number of halogens is 7. The Morgan fingerprint density at radius 1 is 0.721 bits per heavy atom. The normalized spacial score (nSPS) is 11.6. The van der Waals surface area contributed by atoms with Crippen LogP contribution in [0.4, 0.5) is 26.3 Å². The van der Waals surface area contributed by atoms with Gasteiger partial charge in [-0.3, -0.25) is 0 Å². The van der Waals surface area contributed by atoms with Crippen molar-refractivity contribution in [2.45, 2.75) is 4.90 Å². The van der Waals surface area contributed by atoms with Gasteiger partial charge in [0.15, 0.2) is 0 Å². The summed E-state index contributed by atoms with van der Waals surface area (Å²) >= 11 is 6.54. The summed E-state index contributed by atoms with van der Waals surface area (Å²) in [7, 11) is -2.60. The molecule has 222 valence electrons. The van der Waals surface area contributed by atoms with Crippen molar-refractivity contribution >= 4 is 32.5 Å². The van der Waals surface area contributed by atoms with E-state index < -0.39 is 55.7 Å².